The van der Waals surface area contributed by atoms with Crippen LogP contribution in [-0.2, 0) is 19.4 Å². The molecule has 14 heavy (non-hydrogen) atoms. The van der Waals surface area contributed by atoms with E-state index in [9.17, 15) is 13.2 Å². The van der Waals surface area contributed by atoms with Crippen molar-refractivity contribution in [3.63, 3.8) is 0 Å². The van der Waals surface area contributed by atoms with Gasteiger partial charge in [0.05, 0.1) is 17.8 Å². The fraction of sp³-hybridized carbons (Fsp3) is 0.875. The molecule has 1 N–H and O–H groups in total. The minimum Gasteiger partial charge on any atom is -0.481 e. The molecule has 0 saturated heterocycles. The van der Waals surface area contributed by atoms with Crippen LogP contribution in [0.25, 0.3) is 0 Å². The monoisotopic (exact) mass is 222 g/mol. The van der Waals surface area contributed by atoms with E-state index in [0.717, 1.165) is 6.26 Å². The first kappa shape index (κ1) is 11.5. The Balaban J connectivity index is 2.67. The summed E-state index contributed by atoms with van der Waals surface area (Å²) >= 11 is 0. The largest absolute Gasteiger partial charge is 0.481 e. The van der Waals surface area contributed by atoms with E-state index in [0.29, 0.717) is 6.42 Å². The van der Waals surface area contributed by atoms with Gasteiger partial charge in [0.25, 0.3) is 0 Å². The molecule has 0 heterocycles. The van der Waals surface area contributed by atoms with Crippen molar-refractivity contribution in [1.29, 1.82) is 0 Å². The maximum atomic E-state index is 11.0. The van der Waals surface area contributed by atoms with Crippen LogP contribution in [0.15, 0.2) is 0 Å². The zero-order chi connectivity index (χ0) is 11.0. The minimum absolute atomic E-state index is 0.0668. The molecule has 1 aliphatic rings. The van der Waals surface area contributed by atoms with Gasteiger partial charge < -0.3 is 9.84 Å². The van der Waals surface area contributed by atoms with Crippen LogP contribution in [0.2, 0.25) is 0 Å². The minimum atomic E-state index is -3.10. The number of aliphatic carboxylic acids is 1. The van der Waals surface area contributed by atoms with Gasteiger partial charge in [-0.25, -0.2) is 8.42 Å². The number of carboxylic acid groups (broad SMARTS) is 1. The molecular weight excluding hydrogens is 208 g/mol. The van der Waals surface area contributed by atoms with Crippen LogP contribution in [0.4, 0.5) is 0 Å². The summed E-state index contributed by atoms with van der Waals surface area (Å²) in [5, 5.41) is 8.93. The van der Waals surface area contributed by atoms with Crippen LogP contribution in [-0.4, -0.2) is 45.2 Å². The Kier molecular flexibility index (Phi) is 2.87. The summed E-state index contributed by atoms with van der Waals surface area (Å²) in [6.45, 7) is 0.0858. The van der Waals surface area contributed by atoms with Crippen LogP contribution in [0.1, 0.15) is 6.42 Å². The molecule has 0 aliphatic heterocycles. The third-order valence-corrected chi connectivity index (χ3v) is 3.57. The Hall–Kier alpha value is -0.620. The molecule has 0 aromatic heterocycles. The standard InChI is InChI=1S/C8H14O5S/c1-13-5-8(7(9)10)3-6(8)4-14(2,11)12/h6H,3-5H2,1-2H3,(H,9,10)/t6-,8-/m1/s1. The summed E-state index contributed by atoms with van der Waals surface area (Å²) in [6, 6.07) is 0. The molecular formula is C8H14O5S. The number of carbonyl (C=O) groups is 1. The number of carboxylic acids is 1. The lowest BCUT2D eigenvalue weighted by atomic mass is 10.1. The SMILES string of the molecule is COC[C@]1(C(=O)O)C[C@@H]1CS(C)(=O)=O. The molecule has 5 nitrogen and oxygen atoms in total. The molecule has 0 spiro atoms. The molecule has 1 fully saturated rings. The topological polar surface area (TPSA) is 80.7 Å². The number of rotatable bonds is 5. The Morgan fingerprint density at radius 3 is 2.57 bits per heavy atom. The summed E-state index contributed by atoms with van der Waals surface area (Å²) < 4.78 is 26.7. The predicted molar refractivity (Wildman–Crippen MR) is 49.8 cm³/mol. The van der Waals surface area contributed by atoms with E-state index in [1.165, 1.54) is 7.11 Å². The Labute approximate surface area is 83.0 Å². The second kappa shape index (κ2) is 3.51. The first-order valence-electron chi connectivity index (χ1n) is 4.22. The Bertz CT molecular complexity index is 334. The van der Waals surface area contributed by atoms with E-state index in [1.54, 1.807) is 0 Å². The summed E-state index contributed by atoms with van der Waals surface area (Å²) in [5.41, 5.74) is -0.960. The van der Waals surface area contributed by atoms with Gasteiger partial charge in [-0.05, 0) is 12.3 Å². The van der Waals surface area contributed by atoms with E-state index in [2.05, 4.69) is 0 Å². The maximum absolute atomic E-state index is 11.0. The van der Waals surface area contributed by atoms with Crippen LogP contribution in [0.3, 0.4) is 0 Å². The highest BCUT2D eigenvalue weighted by Gasteiger charge is 2.61. The fourth-order valence-electron chi connectivity index (χ4n) is 1.72. The van der Waals surface area contributed by atoms with Gasteiger partial charge in [0.1, 0.15) is 9.84 Å². The summed E-state index contributed by atoms with van der Waals surface area (Å²) in [7, 11) is -1.69. The number of methoxy groups -OCH3 is 1. The fourth-order valence-corrected chi connectivity index (χ4v) is 2.89. The van der Waals surface area contributed by atoms with Crippen molar-refractivity contribution in [2.75, 3.05) is 25.7 Å². The van der Waals surface area contributed by atoms with E-state index in [1.807, 2.05) is 0 Å². The van der Waals surface area contributed by atoms with E-state index < -0.39 is 21.2 Å². The average molecular weight is 222 g/mol. The molecule has 1 aliphatic carbocycles. The highest BCUT2D eigenvalue weighted by Crippen LogP contribution is 2.53. The molecule has 6 heteroatoms. The van der Waals surface area contributed by atoms with Crippen molar-refractivity contribution in [3.05, 3.63) is 0 Å². The summed E-state index contributed by atoms with van der Waals surface area (Å²) in [6.07, 6.45) is 1.51. The number of hydrogen-bond acceptors (Lipinski definition) is 4. The molecule has 0 radical (unpaired) electrons. The second-order valence-electron chi connectivity index (χ2n) is 3.89. The van der Waals surface area contributed by atoms with Crippen molar-refractivity contribution in [3.8, 4) is 0 Å². The van der Waals surface area contributed by atoms with Gasteiger partial charge >= 0.3 is 5.97 Å². The van der Waals surface area contributed by atoms with Gasteiger partial charge in [-0.3, -0.25) is 4.79 Å². The molecule has 0 bridgehead atoms. The zero-order valence-electron chi connectivity index (χ0n) is 8.19. The number of ether oxygens (including phenoxy) is 1. The molecule has 0 aromatic carbocycles. The van der Waals surface area contributed by atoms with Crippen LogP contribution >= 0.6 is 0 Å². The van der Waals surface area contributed by atoms with Gasteiger partial charge in [0, 0.05) is 13.4 Å². The van der Waals surface area contributed by atoms with Crippen LogP contribution in [0.5, 0.6) is 0 Å². The molecule has 82 valence electrons. The molecule has 0 amide bonds. The quantitative estimate of drug-likeness (QED) is 0.695. The highest BCUT2D eigenvalue weighted by molar-refractivity contribution is 7.90. The summed E-state index contributed by atoms with van der Waals surface area (Å²) in [5.74, 6) is -1.33. The Morgan fingerprint density at radius 1 is 1.64 bits per heavy atom. The smallest absolute Gasteiger partial charge is 0.312 e. The molecule has 1 saturated carbocycles. The third-order valence-electron chi connectivity index (χ3n) is 2.56. The lowest BCUT2D eigenvalue weighted by Gasteiger charge is -2.09. The van der Waals surface area contributed by atoms with E-state index in [4.69, 9.17) is 9.84 Å². The van der Waals surface area contributed by atoms with Crippen molar-refractivity contribution in [2.24, 2.45) is 11.3 Å². The highest BCUT2D eigenvalue weighted by atomic mass is 32.2. The molecule has 1 rings (SSSR count). The predicted octanol–water partition coefficient (Wildman–Crippen LogP) is -0.232. The van der Waals surface area contributed by atoms with E-state index in [-0.39, 0.29) is 18.3 Å². The number of sulfone groups is 1. The van der Waals surface area contributed by atoms with Crippen LogP contribution in [0, 0.1) is 11.3 Å². The maximum Gasteiger partial charge on any atom is 0.312 e. The van der Waals surface area contributed by atoms with Gasteiger partial charge in [-0.2, -0.15) is 0 Å². The summed E-state index contributed by atoms with van der Waals surface area (Å²) in [4.78, 5) is 10.9. The van der Waals surface area contributed by atoms with E-state index >= 15 is 0 Å². The second-order valence-corrected chi connectivity index (χ2v) is 6.07. The van der Waals surface area contributed by atoms with Crippen LogP contribution < -0.4 is 0 Å². The first-order valence-corrected chi connectivity index (χ1v) is 6.28. The first-order chi connectivity index (χ1) is 6.32. The normalized spacial score (nSPS) is 31.4. The lowest BCUT2D eigenvalue weighted by Crippen LogP contribution is -2.25. The lowest BCUT2D eigenvalue weighted by molar-refractivity contribution is -0.146. The number of hydrogen-bond donors (Lipinski definition) is 1. The van der Waals surface area contributed by atoms with Gasteiger partial charge in [-0.1, -0.05) is 0 Å². The van der Waals surface area contributed by atoms with Crippen molar-refractivity contribution < 1.29 is 23.1 Å². The van der Waals surface area contributed by atoms with Gasteiger partial charge in [-0.15, -0.1) is 0 Å². The Morgan fingerprint density at radius 2 is 2.21 bits per heavy atom. The van der Waals surface area contributed by atoms with Crippen molar-refractivity contribution in [1.82, 2.24) is 0 Å². The third kappa shape index (κ3) is 2.24. The average Bonchev–Trinajstić information content (AvgIpc) is 2.61. The molecule has 0 unspecified atom stereocenters. The zero-order valence-corrected chi connectivity index (χ0v) is 9.00. The van der Waals surface area contributed by atoms with Crippen molar-refractivity contribution >= 4 is 15.8 Å². The van der Waals surface area contributed by atoms with Gasteiger partial charge in [0.15, 0.2) is 0 Å². The molecule has 0 aromatic rings. The van der Waals surface area contributed by atoms with Crippen molar-refractivity contribution in [2.45, 2.75) is 6.42 Å². The van der Waals surface area contributed by atoms with Gasteiger partial charge in [0.2, 0.25) is 0 Å². The molecule has 2 atom stereocenters.